The van der Waals surface area contributed by atoms with Gasteiger partial charge in [0.25, 0.3) is 0 Å². The Morgan fingerprint density at radius 1 is 1.29 bits per heavy atom. The fraction of sp³-hybridized carbons (Fsp3) is 0.600. The van der Waals surface area contributed by atoms with Crippen LogP contribution in [0.5, 0.6) is 0 Å². The molecule has 0 spiro atoms. The van der Waals surface area contributed by atoms with Crippen molar-refractivity contribution in [1.82, 2.24) is 5.32 Å². The summed E-state index contributed by atoms with van der Waals surface area (Å²) in [6, 6.07) is 6.81. The Bertz CT molecular complexity index is 364. The van der Waals surface area contributed by atoms with E-state index in [2.05, 4.69) is 51.2 Å². The van der Waals surface area contributed by atoms with Crippen LogP contribution in [-0.2, 0) is 5.41 Å². The molecule has 0 aromatic heterocycles. The van der Waals surface area contributed by atoms with E-state index in [0.717, 1.165) is 13.0 Å². The van der Waals surface area contributed by atoms with Crippen LogP contribution in [0.25, 0.3) is 0 Å². The van der Waals surface area contributed by atoms with E-state index in [0.29, 0.717) is 0 Å². The lowest BCUT2D eigenvalue weighted by Gasteiger charge is -2.22. The second-order valence-electron chi connectivity index (χ2n) is 5.82. The molecule has 0 aliphatic rings. The molecule has 1 aromatic carbocycles. The molecule has 2 nitrogen and oxygen atoms in total. The van der Waals surface area contributed by atoms with Crippen LogP contribution in [0, 0.1) is 6.92 Å². The number of hydrogen-bond acceptors (Lipinski definition) is 2. The number of rotatable bonds is 4. The van der Waals surface area contributed by atoms with E-state index in [1.165, 1.54) is 16.7 Å². The van der Waals surface area contributed by atoms with E-state index < -0.39 is 0 Å². The predicted octanol–water partition coefficient (Wildman–Crippen LogP) is 2.90. The fourth-order valence-electron chi connectivity index (χ4n) is 2.01. The molecular weight excluding hydrogens is 208 g/mol. The summed E-state index contributed by atoms with van der Waals surface area (Å²) in [5.41, 5.74) is 10.4. The molecule has 0 saturated heterocycles. The summed E-state index contributed by atoms with van der Waals surface area (Å²) < 4.78 is 0. The molecule has 0 aliphatic heterocycles. The van der Waals surface area contributed by atoms with Crippen molar-refractivity contribution in [3.05, 3.63) is 34.9 Å². The largest absolute Gasteiger partial charge is 0.324 e. The van der Waals surface area contributed by atoms with Gasteiger partial charge in [-0.05, 0) is 49.0 Å². The van der Waals surface area contributed by atoms with Crippen LogP contribution in [0.4, 0.5) is 0 Å². The average Bonchev–Trinajstić information content (AvgIpc) is 2.24. The van der Waals surface area contributed by atoms with Gasteiger partial charge in [-0.2, -0.15) is 0 Å². The van der Waals surface area contributed by atoms with Crippen molar-refractivity contribution in [3.8, 4) is 0 Å². The summed E-state index contributed by atoms with van der Waals surface area (Å²) >= 11 is 0. The molecule has 0 heterocycles. The van der Waals surface area contributed by atoms with Crippen LogP contribution in [0.1, 0.15) is 49.9 Å². The summed E-state index contributed by atoms with van der Waals surface area (Å²) in [7, 11) is 1.96. The van der Waals surface area contributed by atoms with Gasteiger partial charge in [0.2, 0.25) is 0 Å². The number of hydrogen-bond donors (Lipinski definition) is 2. The second kappa shape index (κ2) is 5.65. The Kier molecular flexibility index (Phi) is 4.72. The van der Waals surface area contributed by atoms with Crippen LogP contribution in [-0.4, -0.2) is 13.6 Å². The van der Waals surface area contributed by atoms with E-state index in [4.69, 9.17) is 5.73 Å². The normalized spacial score (nSPS) is 13.8. The SMILES string of the molecule is CNCCC(N)c1ccc(C(C)(C)C)cc1C. The number of benzene rings is 1. The molecule has 1 unspecified atom stereocenters. The predicted molar refractivity (Wildman–Crippen MR) is 75.4 cm³/mol. The fourth-order valence-corrected chi connectivity index (χ4v) is 2.01. The van der Waals surface area contributed by atoms with Crippen LogP contribution >= 0.6 is 0 Å². The number of aryl methyl sites for hydroxylation is 1. The van der Waals surface area contributed by atoms with Gasteiger partial charge >= 0.3 is 0 Å². The van der Waals surface area contributed by atoms with E-state index in [1.807, 2.05) is 7.05 Å². The van der Waals surface area contributed by atoms with E-state index >= 15 is 0 Å². The standard InChI is InChI=1S/C15H26N2/c1-11-10-12(15(2,3)4)6-7-13(11)14(16)8-9-17-5/h6-7,10,14,17H,8-9,16H2,1-5H3. The zero-order valence-corrected chi connectivity index (χ0v) is 11.8. The van der Waals surface area contributed by atoms with Gasteiger partial charge in [0, 0.05) is 6.04 Å². The number of nitrogens with one attached hydrogen (secondary N) is 1. The summed E-state index contributed by atoms with van der Waals surface area (Å²) in [4.78, 5) is 0. The van der Waals surface area contributed by atoms with Gasteiger partial charge in [-0.1, -0.05) is 39.0 Å². The van der Waals surface area contributed by atoms with E-state index in [1.54, 1.807) is 0 Å². The smallest absolute Gasteiger partial charge is 0.0309 e. The first-order valence-corrected chi connectivity index (χ1v) is 6.37. The molecule has 17 heavy (non-hydrogen) atoms. The Labute approximate surface area is 106 Å². The van der Waals surface area contributed by atoms with Crippen LogP contribution in [0.2, 0.25) is 0 Å². The molecule has 96 valence electrons. The molecule has 3 N–H and O–H groups in total. The zero-order valence-electron chi connectivity index (χ0n) is 11.8. The Balaban J connectivity index is 2.90. The van der Waals surface area contributed by atoms with Crippen molar-refractivity contribution in [1.29, 1.82) is 0 Å². The van der Waals surface area contributed by atoms with Crippen LogP contribution < -0.4 is 11.1 Å². The minimum atomic E-state index is 0.136. The van der Waals surface area contributed by atoms with E-state index in [9.17, 15) is 0 Å². The molecule has 1 rings (SSSR count). The Morgan fingerprint density at radius 3 is 2.41 bits per heavy atom. The lowest BCUT2D eigenvalue weighted by atomic mass is 9.84. The summed E-state index contributed by atoms with van der Waals surface area (Å²) in [5, 5.41) is 3.14. The minimum absolute atomic E-state index is 0.136. The van der Waals surface area contributed by atoms with Crippen LogP contribution in [0.3, 0.4) is 0 Å². The molecule has 2 heteroatoms. The third-order valence-corrected chi connectivity index (χ3v) is 3.24. The topological polar surface area (TPSA) is 38.0 Å². The van der Waals surface area contributed by atoms with Crippen molar-refractivity contribution in [2.24, 2.45) is 5.73 Å². The van der Waals surface area contributed by atoms with Gasteiger partial charge in [0.05, 0.1) is 0 Å². The minimum Gasteiger partial charge on any atom is -0.324 e. The first kappa shape index (κ1) is 14.2. The zero-order chi connectivity index (χ0) is 13.1. The maximum Gasteiger partial charge on any atom is 0.0309 e. The molecule has 0 amide bonds. The maximum absolute atomic E-state index is 6.20. The highest BCUT2D eigenvalue weighted by Gasteiger charge is 2.16. The highest BCUT2D eigenvalue weighted by molar-refractivity contribution is 5.36. The number of nitrogens with two attached hydrogens (primary N) is 1. The van der Waals surface area contributed by atoms with E-state index in [-0.39, 0.29) is 11.5 Å². The van der Waals surface area contributed by atoms with Gasteiger partial charge < -0.3 is 11.1 Å². The lowest BCUT2D eigenvalue weighted by Crippen LogP contribution is -2.19. The molecule has 0 bridgehead atoms. The second-order valence-corrected chi connectivity index (χ2v) is 5.82. The summed E-state index contributed by atoms with van der Waals surface area (Å²) in [5.74, 6) is 0. The van der Waals surface area contributed by atoms with Gasteiger partial charge in [-0.15, -0.1) is 0 Å². The molecule has 0 aliphatic carbocycles. The monoisotopic (exact) mass is 234 g/mol. The highest BCUT2D eigenvalue weighted by atomic mass is 14.8. The molecule has 0 radical (unpaired) electrons. The van der Waals surface area contributed by atoms with Crippen molar-refractivity contribution >= 4 is 0 Å². The third-order valence-electron chi connectivity index (χ3n) is 3.24. The first-order chi connectivity index (χ1) is 7.86. The summed E-state index contributed by atoms with van der Waals surface area (Å²) in [6.45, 7) is 9.83. The average molecular weight is 234 g/mol. The quantitative estimate of drug-likeness (QED) is 0.840. The third kappa shape index (κ3) is 3.83. The molecule has 0 saturated carbocycles. The highest BCUT2D eigenvalue weighted by Crippen LogP contribution is 2.26. The summed E-state index contributed by atoms with van der Waals surface area (Å²) in [6.07, 6.45) is 0.978. The lowest BCUT2D eigenvalue weighted by molar-refractivity contribution is 0.585. The first-order valence-electron chi connectivity index (χ1n) is 6.37. The Morgan fingerprint density at radius 2 is 1.94 bits per heavy atom. The van der Waals surface area contributed by atoms with Gasteiger partial charge in [0.1, 0.15) is 0 Å². The van der Waals surface area contributed by atoms with Gasteiger partial charge in [0.15, 0.2) is 0 Å². The molecule has 1 aromatic rings. The molecular formula is C15H26N2. The van der Waals surface area contributed by atoms with Crippen molar-refractivity contribution in [2.75, 3.05) is 13.6 Å². The maximum atomic E-state index is 6.20. The van der Waals surface area contributed by atoms with Crippen molar-refractivity contribution in [3.63, 3.8) is 0 Å². The molecule has 0 fully saturated rings. The van der Waals surface area contributed by atoms with Gasteiger partial charge in [-0.25, -0.2) is 0 Å². The molecule has 1 atom stereocenters. The van der Waals surface area contributed by atoms with Gasteiger partial charge in [-0.3, -0.25) is 0 Å². The van der Waals surface area contributed by atoms with Crippen LogP contribution in [0.15, 0.2) is 18.2 Å². The van der Waals surface area contributed by atoms with Crippen molar-refractivity contribution in [2.45, 2.75) is 45.6 Å². The van der Waals surface area contributed by atoms with Crippen molar-refractivity contribution < 1.29 is 0 Å². The Hall–Kier alpha value is -0.860.